The number of hydrogen-bond donors (Lipinski definition) is 1. The monoisotopic (exact) mass is 341 g/mol. The van der Waals surface area contributed by atoms with Crippen LogP contribution in [0.4, 0.5) is 0 Å². The Labute approximate surface area is 151 Å². The van der Waals surface area contributed by atoms with Gasteiger partial charge in [-0.1, -0.05) is 12.1 Å². The van der Waals surface area contributed by atoms with Crippen molar-refractivity contribution in [3.05, 3.63) is 35.4 Å². The van der Waals surface area contributed by atoms with Gasteiger partial charge in [-0.25, -0.2) is 0 Å². The zero-order chi connectivity index (χ0) is 17.2. The third-order valence-corrected chi connectivity index (χ3v) is 6.59. The predicted octanol–water partition coefficient (Wildman–Crippen LogP) is 2.54. The Morgan fingerprint density at radius 3 is 2.76 bits per heavy atom. The Kier molecular flexibility index (Phi) is 5.09. The molecule has 4 heteroatoms. The summed E-state index contributed by atoms with van der Waals surface area (Å²) >= 11 is 0. The van der Waals surface area contributed by atoms with Gasteiger partial charge in [-0.2, -0.15) is 0 Å². The van der Waals surface area contributed by atoms with E-state index in [1.165, 1.54) is 31.2 Å². The fraction of sp³-hybridized carbons (Fsp3) is 0.667. The highest BCUT2D eigenvalue weighted by molar-refractivity contribution is 5.94. The molecule has 1 aromatic rings. The number of rotatable bonds is 3. The first-order chi connectivity index (χ1) is 12.2. The van der Waals surface area contributed by atoms with Crippen LogP contribution < -0.4 is 5.32 Å². The zero-order valence-corrected chi connectivity index (χ0v) is 15.4. The van der Waals surface area contributed by atoms with Gasteiger partial charge in [-0.15, -0.1) is 0 Å². The Bertz CT molecular complexity index is 611. The van der Waals surface area contributed by atoms with E-state index < -0.39 is 0 Å². The highest BCUT2D eigenvalue weighted by atomic mass is 16.2. The molecular formula is C21H31N3O. The first-order valence-corrected chi connectivity index (χ1v) is 10.0. The number of likely N-dealkylation sites (tertiary alicyclic amines) is 1. The van der Waals surface area contributed by atoms with Gasteiger partial charge in [0.25, 0.3) is 5.91 Å². The summed E-state index contributed by atoms with van der Waals surface area (Å²) in [6.07, 6.45) is 7.26. The molecule has 0 aromatic heterocycles. The molecule has 25 heavy (non-hydrogen) atoms. The van der Waals surface area contributed by atoms with Crippen molar-refractivity contribution < 1.29 is 4.79 Å². The van der Waals surface area contributed by atoms with E-state index in [0.717, 1.165) is 50.5 Å². The van der Waals surface area contributed by atoms with Crippen molar-refractivity contribution in [1.82, 2.24) is 15.1 Å². The molecule has 3 heterocycles. The quantitative estimate of drug-likeness (QED) is 0.918. The van der Waals surface area contributed by atoms with Crippen molar-refractivity contribution in [2.45, 2.75) is 50.6 Å². The number of carbonyl (C=O) groups is 1. The van der Waals surface area contributed by atoms with E-state index >= 15 is 0 Å². The maximum Gasteiger partial charge on any atom is 0.253 e. The molecule has 3 fully saturated rings. The number of amides is 1. The van der Waals surface area contributed by atoms with Crippen LogP contribution in [0.15, 0.2) is 24.3 Å². The highest BCUT2D eigenvalue weighted by Gasteiger charge is 2.36. The minimum absolute atomic E-state index is 0.230. The van der Waals surface area contributed by atoms with Crippen LogP contribution in [0.1, 0.15) is 48.0 Å². The second-order valence-corrected chi connectivity index (χ2v) is 8.19. The van der Waals surface area contributed by atoms with Crippen LogP contribution in [0.2, 0.25) is 0 Å². The molecule has 3 saturated heterocycles. The summed E-state index contributed by atoms with van der Waals surface area (Å²) in [5.74, 6) is 0.988. The lowest BCUT2D eigenvalue weighted by Crippen LogP contribution is -2.39. The molecule has 3 aliphatic rings. The van der Waals surface area contributed by atoms with Crippen LogP contribution in [0.5, 0.6) is 0 Å². The number of nitrogens with zero attached hydrogens (tertiary/aromatic N) is 2. The molecule has 2 bridgehead atoms. The van der Waals surface area contributed by atoms with Crippen molar-refractivity contribution in [3.8, 4) is 0 Å². The van der Waals surface area contributed by atoms with E-state index in [9.17, 15) is 4.79 Å². The number of likely N-dealkylation sites (N-methyl/N-ethyl adjacent to an activating group) is 1. The van der Waals surface area contributed by atoms with Gasteiger partial charge in [0.05, 0.1) is 0 Å². The summed E-state index contributed by atoms with van der Waals surface area (Å²) < 4.78 is 0. The SMILES string of the molecule is CN1[C@H]2CC[C@@H]1CN(C(=O)c1cccc(CC3CCNCC3)c1)CC2. The number of benzene rings is 1. The largest absolute Gasteiger partial charge is 0.337 e. The van der Waals surface area contributed by atoms with Crippen molar-refractivity contribution in [3.63, 3.8) is 0 Å². The van der Waals surface area contributed by atoms with Crippen LogP contribution in [0.25, 0.3) is 0 Å². The van der Waals surface area contributed by atoms with Crippen LogP contribution in [0.3, 0.4) is 0 Å². The van der Waals surface area contributed by atoms with E-state index in [4.69, 9.17) is 0 Å². The Morgan fingerprint density at radius 2 is 1.92 bits per heavy atom. The molecule has 0 spiro atoms. The standard InChI is InChI=1S/C21H31N3O/c1-23-19-5-6-20(23)15-24(12-9-19)21(25)18-4-2-3-17(14-18)13-16-7-10-22-11-8-16/h2-4,14,16,19-20,22H,5-13,15H2,1H3/t19-,20+/m0/s1. The minimum atomic E-state index is 0.230. The molecule has 0 unspecified atom stereocenters. The van der Waals surface area contributed by atoms with E-state index in [1.54, 1.807) is 0 Å². The van der Waals surface area contributed by atoms with Gasteiger partial charge >= 0.3 is 0 Å². The first kappa shape index (κ1) is 17.0. The molecule has 0 radical (unpaired) electrons. The molecule has 4 nitrogen and oxygen atoms in total. The second-order valence-electron chi connectivity index (χ2n) is 8.19. The number of carbonyl (C=O) groups excluding carboxylic acids is 1. The molecule has 4 rings (SSSR count). The topological polar surface area (TPSA) is 35.6 Å². The Hall–Kier alpha value is -1.39. The highest BCUT2D eigenvalue weighted by Crippen LogP contribution is 2.29. The molecule has 1 amide bonds. The summed E-state index contributed by atoms with van der Waals surface area (Å²) in [5, 5.41) is 3.43. The maximum absolute atomic E-state index is 13.1. The van der Waals surface area contributed by atoms with Crippen LogP contribution in [-0.2, 0) is 6.42 Å². The Balaban J connectivity index is 1.44. The van der Waals surface area contributed by atoms with Gasteiger partial charge in [0.1, 0.15) is 0 Å². The fourth-order valence-corrected chi connectivity index (χ4v) is 4.93. The predicted molar refractivity (Wildman–Crippen MR) is 101 cm³/mol. The minimum Gasteiger partial charge on any atom is -0.337 e. The molecule has 136 valence electrons. The van der Waals surface area contributed by atoms with E-state index in [0.29, 0.717) is 12.1 Å². The molecule has 0 saturated carbocycles. The van der Waals surface area contributed by atoms with Crippen molar-refractivity contribution in [2.24, 2.45) is 5.92 Å². The van der Waals surface area contributed by atoms with Gasteiger partial charge in [-0.05, 0) is 82.3 Å². The third kappa shape index (κ3) is 3.75. The number of piperidine rings is 1. The lowest BCUT2D eigenvalue weighted by atomic mass is 9.90. The summed E-state index contributed by atoms with van der Waals surface area (Å²) in [7, 11) is 2.23. The van der Waals surface area contributed by atoms with Crippen molar-refractivity contribution in [2.75, 3.05) is 33.2 Å². The van der Waals surface area contributed by atoms with Gasteiger partial charge in [0, 0.05) is 30.7 Å². The normalized spacial score (nSPS) is 28.1. The zero-order valence-electron chi connectivity index (χ0n) is 15.4. The van der Waals surface area contributed by atoms with Crippen LogP contribution >= 0.6 is 0 Å². The van der Waals surface area contributed by atoms with Gasteiger partial charge in [0.15, 0.2) is 0 Å². The summed E-state index contributed by atoms with van der Waals surface area (Å²) in [4.78, 5) is 17.7. The molecule has 0 aliphatic carbocycles. The average Bonchev–Trinajstić information content (AvgIpc) is 2.88. The average molecular weight is 341 g/mol. The molecule has 1 aromatic carbocycles. The second kappa shape index (κ2) is 7.46. The number of hydrogen-bond acceptors (Lipinski definition) is 3. The summed E-state index contributed by atoms with van der Waals surface area (Å²) in [6.45, 7) is 4.06. The molecular weight excluding hydrogens is 310 g/mol. The molecule has 2 atom stereocenters. The van der Waals surface area contributed by atoms with Crippen molar-refractivity contribution >= 4 is 5.91 Å². The van der Waals surface area contributed by atoms with E-state index in [-0.39, 0.29) is 5.91 Å². The van der Waals surface area contributed by atoms with E-state index in [1.807, 2.05) is 6.07 Å². The smallest absolute Gasteiger partial charge is 0.253 e. The van der Waals surface area contributed by atoms with Crippen LogP contribution in [-0.4, -0.2) is 61.0 Å². The van der Waals surface area contributed by atoms with E-state index in [2.05, 4.69) is 40.4 Å². The van der Waals surface area contributed by atoms with Gasteiger partial charge in [-0.3, -0.25) is 9.69 Å². The molecule has 3 aliphatic heterocycles. The summed E-state index contributed by atoms with van der Waals surface area (Å²) in [6, 6.07) is 9.64. The fourth-order valence-electron chi connectivity index (χ4n) is 4.93. The van der Waals surface area contributed by atoms with Gasteiger partial charge < -0.3 is 10.2 Å². The lowest BCUT2D eigenvalue weighted by Gasteiger charge is -2.26. The van der Waals surface area contributed by atoms with Crippen LogP contribution in [0, 0.1) is 5.92 Å². The number of nitrogens with one attached hydrogen (secondary N) is 1. The van der Waals surface area contributed by atoms with Gasteiger partial charge in [0.2, 0.25) is 0 Å². The first-order valence-electron chi connectivity index (χ1n) is 10.0. The van der Waals surface area contributed by atoms with Crippen molar-refractivity contribution in [1.29, 1.82) is 0 Å². The number of fused-ring (bicyclic) bond motifs is 2. The third-order valence-electron chi connectivity index (χ3n) is 6.59. The molecule has 1 N–H and O–H groups in total. The summed E-state index contributed by atoms with van der Waals surface area (Å²) in [5.41, 5.74) is 2.21. The Morgan fingerprint density at radius 1 is 1.12 bits per heavy atom. The lowest BCUT2D eigenvalue weighted by molar-refractivity contribution is 0.0740. The maximum atomic E-state index is 13.1.